The average molecular weight is 323 g/mol. The van der Waals surface area contributed by atoms with Crippen LogP contribution in [0.3, 0.4) is 0 Å². The number of amides is 1. The van der Waals surface area contributed by atoms with Crippen molar-refractivity contribution in [3.8, 4) is 0 Å². The number of carbonyl (C=O) groups is 1. The normalized spacial score (nSPS) is 13.7. The standard InChI is InChI=1S/C16H19ClN2OS/c1-11(15(18)12-6-4-3-5-7-12)16(20)19(2)10-13-8-9-14(17)21-13/h3-9,11,15H,10,18H2,1-2H3/t11-,15+/m1/s1. The second-order valence-electron chi connectivity index (χ2n) is 5.13. The van der Waals surface area contributed by atoms with E-state index in [-0.39, 0.29) is 17.9 Å². The van der Waals surface area contributed by atoms with Gasteiger partial charge < -0.3 is 10.6 Å². The maximum atomic E-state index is 12.5. The van der Waals surface area contributed by atoms with Crippen LogP contribution in [0.15, 0.2) is 42.5 Å². The first-order valence-electron chi connectivity index (χ1n) is 6.78. The van der Waals surface area contributed by atoms with Crippen molar-refractivity contribution in [3.63, 3.8) is 0 Å². The van der Waals surface area contributed by atoms with Gasteiger partial charge in [0.15, 0.2) is 0 Å². The molecule has 0 aliphatic carbocycles. The maximum absolute atomic E-state index is 12.5. The van der Waals surface area contributed by atoms with Gasteiger partial charge in [-0.1, -0.05) is 48.9 Å². The summed E-state index contributed by atoms with van der Waals surface area (Å²) in [6.45, 7) is 2.43. The highest BCUT2D eigenvalue weighted by atomic mass is 35.5. The van der Waals surface area contributed by atoms with Crippen LogP contribution < -0.4 is 5.73 Å². The topological polar surface area (TPSA) is 46.3 Å². The third-order valence-corrected chi connectivity index (χ3v) is 4.73. The SMILES string of the molecule is C[C@@H](C(=O)N(C)Cc1ccc(Cl)s1)[C@H](N)c1ccccc1. The van der Waals surface area contributed by atoms with Crippen LogP contribution in [-0.2, 0) is 11.3 Å². The number of halogens is 1. The number of nitrogens with two attached hydrogens (primary N) is 1. The molecule has 1 heterocycles. The van der Waals surface area contributed by atoms with Crippen LogP contribution in [0.4, 0.5) is 0 Å². The van der Waals surface area contributed by atoms with E-state index in [1.807, 2.05) is 49.4 Å². The summed E-state index contributed by atoms with van der Waals surface area (Å²) in [6.07, 6.45) is 0. The molecule has 5 heteroatoms. The highest BCUT2D eigenvalue weighted by molar-refractivity contribution is 7.16. The van der Waals surface area contributed by atoms with Crippen molar-refractivity contribution in [2.75, 3.05) is 7.05 Å². The minimum atomic E-state index is -0.298. The van der Waals surface area contributed by atoms with Crippen molar-refractivity contribution >= 4 is 28.8 Å². The van der Waals surface area contributed by atoms with E-state index in [0.29, 0.717) is 6.54 Å². The van der Waals surface area contributed by atoms with Gasteiger partial charge in [-0.25, -0.2) is 0 Å². The molecule has 0 saturated heterocycles. The highest BCUT2D eigenvalue weighted by Gasteiger charge is 2.25. The molecule has 2 rings (SSSR count). The third kappa shape index (κ3) is 4.06. The van der Waals surface area contributed by atoms with Gasteiger partial charge in [-0.2, -0.15) is 0 Å². The van der Waals surface area contributed by atoms with Gasteiger partial charge in [0.05, 0.1) is 16.8 Å². The Hall–Kier alpha value is -1.36. The highest BCUT2D eigenvalue weighted by Crippen LogP contribution is 2.24. The Balaban J connectivity index is 2.01. The Morgan fingerprint density at radius 2 is 1.95 bits per heavy atom. The minimum Gasteiger partial charge on any atom is -0.340 e. The van der Waals surface area contributed by atoms with Crippen LogP contribution in [0.5, 0.6) is 0 Å². The van der Waals surface area contributed by atoms with E-state index >= 15 is 0 Å². The van der Waals surface area contributed by atoms with Crippen LogP contribution in [0.2, 0.25) is 4.34 Å². The van der Waals surface area contributed by atoms with E-state index in [0.717, 1.165) is 14.8 Å². The maximum Gasteiger partial charge on any atom is 0.227 e. The van der Waals surface area contributed by atoms with Gasteiger partial charge in [0, 0.05) is 18.0 Å². The number of nitrogens with zero attached hydrogens (tertiary/aromatic N) is 1. The van der Waals surface area contributed by atoms with E-state index in [2.05, 4.69) is 0 Å². The number of hydrogen-bond donors (Lipinski definition) is 1. The monoisotopic (exact) mass is 322 g/mol. The molecule has 2 N–H and O–H groups in total. The Morgan fingerprint density at radius 3 is 2.52 bits per heavy atom. The predicted molar refractivity (Wildman–Crippen MR) is 88.3 cm³/mol. The molecular weight excluding hydrogens is 304 g/mol. The van der Waals surface area contributed by atoms with Crippen molar-refractivity contribution < 1.29 is 4.79 Å². The fraction of sp³-hybridized carbons (Fsp3) is 0.312. The smallest absolute Gasteiger partial charge is 0.227 e. The number of carbonyl (C=O) groups excluding carboxylic acids is 1. The number of thiophene rings is 1. The molecule has 2 atom stereocenters. The van der Waals surface area contributed by atoms with Crippen LogP contribution in [0.25, 0.3) is 0 Å². The van der Waals surface area contributed by atoms with Crippen molar-refractivity contribution in [2.24, 2.45) is 11.7 Å². The second-order valence-corrected chi connectivity index (χ2v) is 6.92. The number of hydrogen-bond acceptors (Lipinski definition) is 3. The summed E-state index contributed by atoms with van der Waals surface area (Å²) in [5.41, 5.74) is 7.19. The lowest BCUT2D eigenvalue weighted by atomic mass is 9.94. The second kappa shape index (κ2) is 7.07. The molecule has 0 fully saturated rings. The zero-order valence-electron chi connectivity index (χ0n) is 12.1. The van der Waals surface area contributed by atoms with Crippen molar-refractivity contribution in [1.29, 1.82) is 0 Å². The summed E-state index contributed by atoms with van der Waals surface area (Å²) in [7, 11) is 1.80. The number of rotatable bonds is 5. The molecule has 112 valence electrons. The largest absolute Gasteiger partial charge is 0.340 e. The first-order chi connectivity index (χ1) is 9.99. The molecule has 1 aromatic carbocycles. The third-order valence-electron chi connectivity index (χ3n) is 3.51. The lowest BCUT2D eigenvalue weighted by Gasteiger charge is -2.25. The molecule has 0 saturated carbocycles. The van der Waals surface area contributed by atoms with Gasteiger partial charge in [0.2, 0.25) is 5.91 Å². The Morgan fingerprint density at radius 1 is 1.29 bits per heavy atom. The molecule has 0 aliphatic rings. The summed E-state index contributed by atoms with van der Waals surface area (Å²) in [5, 5.41) is 0. The molecule has 0 aliphatic heterocycles. The Labute approximate surface area is 134 Å². The van der Waals surface area contributed by atoms with Gasteiger partial charge in [-0.15, -0.1) is 11.3 Å². The molecular formula is C16H19ClN2OS. The van der Waals surface area contributed by atoms with Crippen LogP contribution in [-0.4, -0.2) is 17.9 Å². The van der Waals surface area contributed by atoms with Crippen molar-refractivity contribution in [1.82, 2.24) is 4.90 Å². The zero-order chi connectivity index (χ0) is 15.4. The van der Waals surface area contributed by atoms with Crippen molar-refractivity contribution in [2.45, 2.75) is 19.5 Å². The molecule has 2 aromatic rings. The summed E-state index contributed by atoms with van der Waals surface area (Å²) < 4.78 is 0.736. The molecule has 1 aromatic heterocycles. The Bertz CT molecular complexity index is 599. The quantitative estimate of drug-likeness (QED) is 0.912. The van der Waals surface area contributed by atoms with E-state index in [9.17, 15) is 4.79 Å². The Kier molecular flexibility index (Phi) is 5.39. The predicted octanol–water partition coefficient (Wildman–Crippen LogP) is 3.70. The van der Waals surface area contributed by atoms with Gasteiger partial charge in [-0.3, -0.25) is 4.79 Å². The summed E-state index contributed by atoms with van der Waals surface area (Å²) in [4.78, 5) is 15.3. The fourth-order valence-electron chi connectivity index (χ4n) is 2.21. The summed E-state index contributed by atoms with van der Waals surface area (Å²) >= 11 is 7.40. The van der Waals surface area contributed by atoms with Gasteiger partial charge in [0.1, 0.15) is 0 Å². The molecule has 21 heavy (non-hydrogen) atoms. The van der Waals surface area contributed by atoms with Gasteiger partial charge >= 0.3 is 0 Å². The lowest BCUT2D eigenvalue weighted by Crippen LogP contribution is -2.36. The first-order valence-corrected chi connectivity index (χ1v) is 7.98. The summed E-state index contributed by atoms with van der Waals surface area (Å²) in [5.74, 6) is -0.233. The molecule has 0 unspecified atom stereocenters. The van der Waals surface area contributed by atoms with Gasteiger partial charge in [-0.05, 0) is 17.7 Å². The first kappa shape index (κ1) is 16.0. The van der Waals surface area contributed by atoms with Gasteiger partial charge in [0.25, 0.3) is 0 Å². The lowest BCUT2D eigenvalue weighted by molar-refractivity contribution is -0.134. The summed E-state index contributed by atoms with van der Waals surface area (Å²) in [6, 6.07) is 13.2. The molecule has 0 spiro atoms. The minimum absolute atomic E-state index is 0.0378. The molecule has 3 nitrogen and oxygen atoms in total. The van der Waals surface area contributed by atoms with E-state index in [1.165, 1.54) is 11.3 Å². The molecule has 1 amide bonds. The number of benzene rings is 1. The zero-order valence-corrected chi connectivity index (χ0v) is 13.7. The fourth-order valence-corrected chi connectivity index (χ4v) is 3.35. The average Bonchev–Trinajstić information content (AvgIpc) is 2.90. The van der Waals surface area contributed by atoms with E-state index in [1.54, 1.807) is 11.9 Å². The van der Waals surface area contributed by atoms with E-state index in [4.69, 9.17) is 17.3 Å². The van der Waals surface area contributed by atoms with Crippen LogP contribution in [0, 0.1) is 5.92 Å². The van der Waals surface area contributed by atoms with Crippen LogP contribution in [0.1, 0.15) is 23.4 Å². The van der Waals surface area contributed by atoms with Crippen LogP contribution >= 0.6 is 22.9 Å². The van der Waals surface area contributed by atoms with E-state index < -0.39 is 0 Å². The molecule has 0 radical (unpaired) electrons. The molecule has 0 bridgehead atoms. The van der Waals surface area contributed by atoms with Crippen molar-refractivity contribution in [3.05, 3.63) is 57.2 Å².